The van der Waals surface area contributed by atoms with Gasteiger partial charge in [-0.2, -0.15) is 13.2 Å². The summed E-state index contributed by atoms with van der Waals surface area (Å²) in [6.07, 6.45) is -0.959. The number of imidazole rings is 1. The molecule has 0 unspecified atom stereocenters. The number of aromatic nitrogens is 4. The molecule has 67 heavy (non-hydrogen) atoms. The summed E-state index contributed by atoms with van der Waals surface area (Å²) >= 11 is 0. The smallest absolute Gasteiger partial charge is 0.433 e. The van der Waals surface area contributed by atoms with Crippen LogP contribution in [0.2, 0.25) is 19.6 Å². The van der Waals surface area contributed by atoms with E-state index in [1.807, 2.05) is 30.5 Å². The zero-order valence-corrected chi connectivity index (χ0v) is 42.6. The molecule has 0 aliphatic rings. The van der Waals surface area contributed by atoms with Gasteiger partial charge in [-0.15, -0.1) is 36.4 Å². The summed E-state index contributed by atoms with van der Waals surface area (Å²) in [7, 11) is -1.58. The molecule has 0 saturated carbocycles. The number of hydrogen-bond donors (Lipinski definition) is 0. The predicted octanol–water partition coefficient (Wildman–Crippen LogP) is 15.5. The number of benzene rings is 5. The molecule has 0 saturated heterocycles. The van der Waals surface area contributed by atoms with Crippen LogP contribution in [0.15, 0.2) is 108 Å². The van der Waals surface area contributed by atoms with Crippen molar-refractivity contribution < 1.29 is 46.2 Å². The number of rotatable bonds is 10. The Labute approximate surface area is 409 Å². The first kappa shape index (κ1) is 45.3. The van der Waals surface area contributed by atoms with Gasteiger partial charge < -0.3 is 14.0 Å². The van der Waals surface area contributed by atoms with Gasteiger partial charge in [-0.3, -0.25) is 9.37 Å². The van der Waals surface area contributed by atoms with Crippen LogP contribution in [0.5, 0.6) is 0 Å². The molecule has 5 nitrogen and oxygen atoms in total. The summed E-state index contributed by atoms with van der Waals surface area (Å²) in [6.45, 7) is 18.1. The van der Waals surface area contributed by atoms with Crippen LogP contribution in [-0.2, 0) is 39.2 Å². The van der Waals surface area contributed by atoms with Crippen molar-refractivity contribution in [2.24, 2.45) is 0 Å². The third-order valence-electron chi connectivity index (χ3n) is 12.3. The minimum absolute atomic E-state index is 0. The SMILES string of the molecule is CC(C)c1cccc(C(C)C)c1CCCn1c(-c2[c-]ccc3c2oc2nc(C(F)(F)F)ccc23)nc2ccc3ccccc3c21.[2H]C([2H])([2H])c1cc[c-]c(-c2cc(C(C)C)c([Si](C)(C)C)cn2)c1F.[Ir]. The Morgan fingerprint density at radius 3 is 2.12 bits per heavy atom. The van der Waals surface area contributed by atoms with Crippen LogP contribution >= 0.6 is 0 Å². The number of halogens is 4. The fourth-order valence-electron chi connectivity index (χ4n) is 9.04. The topological polar surface area (TPSA) is 56.7 Å². The fourth-order valence-corrected chi connectivity index (χ4v) is 10.7. The predicted molar refractivity (Wildman–Crippen MR) is 265 cm³/mol. The summed E-state index contributed by atoms with van der Waals surface area (Å²) in [5.41, 5.74) is 7.43. The summed E-state index contributed by atoms with van der Waals surface area (Å²) in [6, 6.07) is 35.7. The molecular weight excluding hydrogens is 1040 g/mol. The fraction of sp³-hybridized carbons (Fsp3) is 0.304. The average Bonchev–Trinajstić information content (AvgIpc) is 3.86. The van der Waals surface area contributed by atoms with Crippen molar-refractivity contribution in [2.75, 3.05) is 0 Å². The molecule has 349 valence electrons. The van der Waals surface area contributed by atoms with Crippen LogP contribution in [0.3, 0.4) is 0 Å². The molecule has 0 atom stereocenters. The Morgan fingerprint density at radius 2 is 1.45 bits per heavy atom. The number of furan rings is 1. The molecule has 9 rings (SSSR count). The number of hydrogen-bond acceptors (Lipinski definition) is 4. The Kier molecular flexibility index (Phi) is 13.3. The Bertz CT molecular complexity index is 3330. The second kappa shape index (κ2) is 19.6. The standard InChI is InChI=1S/C38H33F3N3O.C18H23FNSi.Ir/c1-22(2)25-12-7-13-26(23(3)4)28(25)16-9-21-44-34-27-11-6-5-10-24(27)17-19-32(34)42-36(44)31-15-8-14-29-30-18-20-33(38(39,40)41)43-37(30)45-35(29)31;1-12(2)15-10-16(20-11-17(15)21(4,5)6)14-9-7-8-13(3)18(14)19;/h5-8,10-14,17-20,22-23H,9,16,21H2,1-4H3;7-8,10-12H,1-6H3;/q2*-1;/i;3D3;. The van der Waals surface area contributed by atoms with Crippen molar-refractivity contribution in [3.8, 4) is 22.6 Å². The maximum atomic E-state index is 14.7. The summed E-state index contributed by atoms with van der Waals surface area (Å²) in [4.78, 5) is 13.3. The van der Waals surface area contributed by atoms with Crippen LogP contribution in [0.25, 0.3) is 66.5 Å². The second-order valence-electron chi connectivity index (χ2n) is 19.0. The van der Waals surface area contributed by atoms with E-state index in [-0.39, 0.29) is 42.9 Å². The van der Waals surface area contributed by atoms with Crippen molar-refractivity contribution >= 4 is 57.1 Å². The van der Waals surface area contributed by atoms with E-state index in [2.05, 4.69) is 124 Å². The van der Waals surface area contributed by atoms with Crippen molar-refractivity contribution in [2.45, 2.75) is 111 Å². The van der Waals surface area contributed by atoms with Gasteiger partial charge in [0.2, 0.25) is 5.71 Å². The number of pyridine rings is 2. The van der Waals surface area contributed by atoms with Gasteiger partial charge in [0, 0.05) is 53.5 Å². The third-order valence-corrected chi connectivity index (χ3v) is 14.3. The Morgan fingerprint density at radius 1 is 0.761 bits per heavy atom. The first-order chi connectivity index (χ1) is 32.5. The van der Waals surface area contributed by atoms with Crippen LogP contribution in [0.4, 0.5) is 17.6 Å². The van der Waals surface area contributed by atoms with E-state index in [0.717, 1.165) is 46.3 Å². The van der Waals surface area contributed by atoms with E-state index in [9.17, 15) is 17.6 Å². The Balaban J connectivity index is 0.000000245. The van der Waals surface area contributed by atoms with Gasteiger partial charge in [-0.05, 0) is 81.8 Å². The molecule has 0 aliphatic heterocycles. The molecule has 0 amide bonds. The first-order valence-corrected chi connectivity index (χ1v) is 26.1. The molecule has 0 fully saturated rings. The quantitative estimate of drug-likeness (QED) is 0.0778. The number of nitrogens with zero attached hydrogens (tertiary/aromatic N) is 4. The summed E-state index contributed by atoms with van der Waals surface area (Å²) < 4.78 is 85.8. The summed E-state index contributed by atoms with van der Waals surface area (Å²) in [5, 5.41) is 4.64. The third kappa shape index (κ3) is 9.92. The first-order valence-electron chi connectivity index (χ1n) is 24.1. The maximum Gasteiger partial charge on any atom is 0.433 e. The van der Waals surface area contributed by atoms with E-state index in [4.69, 9.17) is 13.5 Å². The van der Waals surface area contributed by atoms with Crippen LogP contribution in [0, 0.1) is 24.8 Å². The minimum Gasteiger partial charge on any atom is -0.486 e. The van der Waals surface area contributed by atoms with E-state index in [1.54, 1.807) is 12.1 Å². The van der Waals surface area contributed by atoms with Crippen molar-refractivity contribution in [1.82, 2.24) is 19.5 Å². The molecule has 4 aromatic heterocycles. The van der Waals surface area contributed by atoms with E-state index >= 15 is 0 Å². The van der Waals surface area contributed by atoms with Gasteiger partial charge >= 0.3 is 6.18 Å². The molecule has 0 bridgehead atoms. The van der Waals surface area contributed by atoms with Crippen LogP contribution < -0.4 is 5.19 Å². The Hall–Kier alpha value is -5.48. The zero-order chi connectivity index (χ0) is 49.7. The van der Waals surface area contributed by atoms with Gasteiger partial charge in [0.15, 0.2) is 0 Å². The normalized spacial score (nSPS) is 13.0. The second-order valence-corrected chi connectivity index (χ2v) is 24.0. The largest absolute Gasteiger partial charge is 0.486 e. The van der Waals surface area contributed by atoms with Crippen molar-refractivity contribution in [3.63, 3.8) is 0 Å². The molecule has 1 radical (unpaired) electrons. The molecule has 0 aliphatic carbocycles. The molecular formula is C56H56F4IrN4OSi-2. The van der Waals surface area contributed by atoms with Crippen molar-refractivity contribution in [1.29, 1.82) is 0 Å². The summed E-state index contributed by atoms with van der Waals surface area (Å²) in [5.74, 6) is 1.02. The number of fused-ring (bicyclic) bond motifs is 6. The zero-order valence-electron chi connectivity index (χ0n) is 42.2. The van der Waals surface area contributed by atoms with E-state index < -0.39 is 32.6 Å². The van der Waals surface area contributed by atoms with Gasteiger partial charge in [0.1, 0.15) is 5.69 Å². The van der Waals surface area contributed by atoms with Gasteiger partial charge in [0.05, 0.1) is 30.5 Å². The molecule has 0 N–H and O–H groups in total. The maximum absolute atomic E-state index is 14.7. The molecule has 9 aromatic rings. The van der Waals surface area contributed by atoms with Gasteiger partial charge in [-0.1, -0.05) is 150 Å². The van der Waals surface area contributed by atoms with E-state index in [0.29, 0.717) is 51.8 Å². The van der Waals surface area contributed by atoms with Gasteiger partial charge in [0.25, 0.3) is 0 Å². The number of alkyl halides is 3. The molecule has 5 aromatic carbocycles. The average molecular weight is 1100 g/mol. The molecule has 11 heteroatoms. The molecule has 0 spiro atoms. The van der Waals surface area contributed by atoms with Crippen LogP contribution in [-0.4, -0.2) is 27.6 Å². The number of aryl methyl sites for hydroxylation is 2. The van der Waals surface area contributed by atoms with E-state index in [1.165, 1.54) is 40.1 Å². The van der Waals surface area contributed by atoms with Crippen LogP contribution in [0.1, 0.15) is 103 Å². The molecule has 4 heterocycles. The van der Waals surface area contributed by atoms with Crippen molar-refractivity contribution in [3.05, 3.63) is 155 Å². The van der Waals surface area contributed by atoms with Gasteiger partial charge in [-0.25, -0.2) is 4.98 Å². The minimum atomic E-state index is -4.57. The monoisotopic (exact) mass is 1100 g/mol.